The molecule has 1 atom stereocenters. The van der Waals surface area contributed by atoms with Crippen LogP contribution in [0.15, 0.2) is 12.4 Å². The lowest BCUT2D eigenvalue weighted by Gasteiger charge is -2.09. The molecule has 17 heavy (non-hydrogen) atoms. The van der Waals surface area contributed by atoms with Crippen LogP contribution in [0, 0.1) is 0 Å². The lowest BCUT2D eigenvalue weighted by Crippen LogP contribution is -2.25. The van der Waals surface area contributed by atoms with Gasteiger partial charge in [-0.3, -0.25) is 4.68 Å². The Morgan fingerprint density at radius 1 is 1.59 bits per heavy atom. The minimum atomic E-state index is -2.36. The van der Waals surface area contributed by atoms with Gasteiger partial charge >= 0.3 is 0 Å². The Hall–Kier alpha value is -1.01. The molecule has 1 aromatic rings. The summed E-state index contributed by atoms with van der Waals surface area (Å²) >= 11 is 0. The van der Waals surface area contributed by atoms with E-state index in [1.54, 1.807) is 12.4 Å². The molecule has 2 heterocycles. The molecular formula is C11H17F2N3O. The van der Waals surface area contributed by atoms with E-state index in [2.05, 4.69) is 10.4 Å². The predicted octanol–water partition coefficient (Wildman–Crippen LogP) is 1.42. The first kappa shape index (κ1) is 12.4. The van der Waals surface area contributed by atoms with Crippen LogP contribution in [0.2, 0.25) is 0 Å². The van der Waals surface area contributed by atoms with E-state index < -0.39 is 6.43 Å². The number of alkyl halides is 2. The number of aromatic nitrogens is 2. The molecule has 2 rings (SSSR count). The second-order valence-corrected chi connectivity index (χ2v) is 4.23. The highest BCUT2D eigenvalue weighted by molar-refractivity contribution is 5.03. The molecule has 0 aliphatic carbocycles. The quantitative estimate of drug-likeness (QED) is 0.823. The van der Waals surface area contributed by atoms with Gasteiger partial charge in [0.2, 0.25) is 0 Å². The van der Waals surface area contributed by atoms with E-state index in [4.69, 9.17) is 4.74 Å². The molecule has 0 bridgehead atoms. The predicted molar refractivity (Wildman–Crippen MR) is 58.9 cm³/mol. The van der Waals surface area contributed by atoms with Gasteiger partial charge in [-0.25, -0.2) is 8.78 Å². The SMILES string of the molecule is FC(F)Cn1cc(CNCC2CCCO2)cn1. The van der Waals surface area contributed by atoms with Crippen LogP contribution in [-0.4, -0.2) is 35.5 Å². The Labute approximate surface area is 98.9 Å². The van der Waals surface area contributed by atoms with Crippen molar-refractivity contribution < 1.29 is 13.5 Å². The van der Waals surface area contributed by atoms with E-state index in [0.717, 1.165) is 31.6 Å². The van der Waals surface area contributed by atoms with Gasteiger partial charge < -0.3 is 10.1 Å². The van der Waals surface area contributed by atoms with E-state index >= 15 is 0 Å². The second-order valence-electron chi connectivity index (χ2n) is 4.23. The number of nitrogens with one attached hydrogen (secondary N) is 1. The van der Waals surface area contributed by atoms with Crippen LogP contribution < -0.4 is 5.32 Å². The maximum atomic E-state index is 12.1. The van der Waals surface area contributed by atoms with Gasteiger partial charge in [0.1, 0.15) is 6.54 Å². The molecule has 1 saturated heterocycles. The minimum Gasteiger partial charge on any atom is -0.377 e. The van der Waals surface area contributed by atoms with Crippen LogP contribution in [0.25, 0.3) is 0 Å². The summed E-state index contributed by atoms with van der Waals surface area (Å²) in [5.74, 6) is 0. The zero-order valence-electron chi connectivity index (χ0n) is 9.61. The summed E-state index contributed by atoms with van der Waals surface area (Å²) in [6.45, 7) is 1.95. The van der Waals surface area contributed by atoms with Crippen LogP contribution in [0.4, 0.5) is 8.78 Å². The fraction of sp³-hybridized carbons (Fsp3) is 0.727. The molecule has 6 heteroatoms. The first-order valence-corrected chi connectivity index (χ1v) is 5.86. The zero-order valence-corrected chi connectivity index (χ0v) is 9.61. The number of nitrogens with zero attached hydrogens (tertiary/aromatic N) is 2. The average molecular weight is 245 g/mol. The summed E-state index contributed by atoms with van der Waals surface area (Å²) in [6.07, 6.45) is 3.42. The molecule has 1 unspecified atom stereocenters. The Balaban J connectivity index is 1.69. The number of halogens is 2. The van der Waals surface area contributed by atoms with E-state index in [0.29, 0.717) is 12.6 Å². The van der Waals surface area contributed by atoms with Gasteiger partial charge in [-0.1, -0.05) is 0 Å². The van der Waals surface area contributed by atoms with Crippen molar-refractivity contribution in [2.75, 3.05) is 13.2 Å². The monoisotopic (exact) mass is 245 g/mol. The zero-order chi connectivity index (χ0) is 12.1. The van der Waals surface area contributed by atoms with E-state index in [1.165, 1.54) is 4.68 Å². The lowest BCUT2D eigenvalue weighted by molar-refractivity contribution is 0.110. The van der Waals surface area contributed by atoms with Crippen molar-refractivity contribution in [1.29, 1.82) is 0 Å². The van der Waals surface area contributed by atoms with Crippen molar-refractivity contribution >= 4 is 0 Å². The topological polar surface area (TPSA) is 39.1 Å². The van der Waals surface area contributed by atoms with Crippen LogP contribution in [0.5, 0.6) is 0 Å². The van der Waals surface area contributed by atoms with Gasteiger partial charge in [0.05, 0.1) is 12.3 Å². The van der Waals surface area contributed by atoms with Crippen molar-refractivity contribution in [3.05, 3.63) is 18.0 Å². The molecule has 0 aromatic carbocycles. The van der Waals surface area contributed by atoms with Gasteiger partial charge in [0, 0.05) is 31.5 Å². The van der Waals surface area contributed by atoms with Crippen LogP contribution in [0.1, 0.15) is 18.4 Å². The van der Waals surface area contributed by atoms with Crippen LogP contribution in [-0.2, 0) is 17.8 Å². The number of ether oxygens (including phenoxy) is 1. The summed E-state index contributed by atoms with van der Waals surface area (Å²) in [4.78, 5) is 0. The number of hydrogen-bond donors (Lipinski definition) is 1. The van der Waals surface area contributed by atoms with Crippen molar-refractivity contribution in [1.82, 2.24) is 15.1 Å². The van der Waals surface area contributed by atoms with Crippen molar-refractivity contribution in [2.45, 2.75) is 38.5 Å². The average Bonchev–Trinajstić information content (AvgIpc) is 2.89. The minimum absolute atomic E-state index is 0.297. The number of hydrogen-bond acceptors (Lipinski definition) is 3. The van der Waals surface area contributed by atoms with Gasteiger partial charge in [-0.15, -0.1) is 0 Å². The Kier molecular flexibility index (Phi) is 4.44. The van der Waals surface area contributed by atoms with Crippen LogP contribution >= 0.6 is 0 Å². The van der Waals surface area contributed by atoms with Crippen molar-refractivity contribution in [3.8, 4) is 0 Å². The first-order chi connectivity index (χ1) is 8.24. The first-order valence-electron chi connectivity index (χ1n) is 5.86. The number of rotatable bonds is 6. The van der Waals surface area contributed by atoms with E-state index in [-0.39, 0.29) is 6.54 Å². The molecule has 1 aliphatic heterocycles. The standard InChI is InChI=1S/C11H17F2N3O/c12-11(13)8-16-7-9(5-15-16)4-14-6-10-2-1-3-17-10/h5,7,10-11,14H,1-4,6,8H2. The Morgan fingerprint density at radius 3 is 3.18 bits per heavy atom. The Bertz CT molecular complexity index is 337. The van der Waals surface area contributed by atoms with Gasteiger partial charge in [-0.2, -0.15) is 5.10 Å². The smallest absolute Gasteiger partial charge is 0.257 e. The molecule has 0 amide bonds. The molecule has 1 fully saturated rings. The normalized spacial score (nSPS) is 20.3. The molecular weight excluding hydrogens is 228 g/mol. The third kappa shape index (κ3) is 4.05. The Morgan fingerprint density at radius 2 is 2.47 bits per heavy atom. The lowest BCUT2D eigenvalue weighted by atomic mass is 10.2. The maximum Gasteiger partial charge on any atom is 0.257 e. The van der Waals surface area contributed by atoms with Gasteiger partial charge in [-0.05, 0) is 12.8 Å². The maximum absolute atomic E-state index is 12.1. The summed E-state index contributed by atoms with van der Waals surface area (Å²) < 4.78 is 30.9. The van der Waals surface area contributed by atoms with E-state index in [1.807, 2.05) is 0 Å². The summed E-state index contributed by atoms with van der Waals surface area (Å²) in [7, 11) is 0. The highest BCUT2D eigenvalue weighted by atomic mass is 19.3. The van der Waals surface area contributed by atoms with Gasteiger partial charge in [0.15, 0.2) is 0 Å². The third-order valence-corrected chi connectivity index (χ3v) is 2.74. The molecule has 0 spiro atoms. The van der Waals surface area contributed by atoms with Crippen LogP contribution in [0.3, 0.4) is 0 Å². The third-order valence-electron chi connectivity index (χ3n) is 2.74. The molecule has 1 aliphatic rings. The molecule has 1 aromatic heterocycles. The van der Waals surface area contributed by atoms with Crippen molar-refractivity contribution in [3.63, 3.8) is 0 Å². The molecule has 96 valence electrons. The van der Waals surface area contributed by atoms with E-state index in [9.17, 15) is 8.78 Å². The molecule has 4 nitrogen and oxygen atoms in total. The summed E-state index contributed by atoms with van der Waals surface area (Å²) in [5, 5.41) is 7.12. The summed E-state index contributed by atoms with van der Waals surface area (Å²) in [5.41, 5.74) is 0.920. The second kappa shape index (κ2) is 6.07. The molecule has 0 saturated carbocycles. The van der Waals surface area contributed by atoms with Crippen molar-refractivity contribution in [2.24, 2.45) is 0 Å². The highest BCUT2D eigenvalue weighted by Gasteiger charge is 2.14. The van der Waals surface area contributed by atoms with Gasteiger partial charge in [0.25, 0.3) is 6.43 Å². The highest BCUT2D eigenvalue weighted by Crippen LogP contribution is 2.10. The fourth-order valence-electron chi connectivity index (χ4n) is 1.92. The summed E-state index contributed by atoms with van der Waals surface area (Å²) in [6, 6.07) is 0. The largest absolute Gasteiger partial charge is 0.377 e. The fourth-order valence-corrected chi connectivity index (χ4v) is 1.92. The molecule has 0 radical (unpaired) electrons. The molecule has 1 N–H and O–H groups in total.